The van der Waals surface area contributed by atoms with E-state index in [4.69, 9.17) is 16.3 Å². The van der Waals surface area contributed by atoms with Crippen LogP contribution in [0.15, 0.2) is 0 Å². The zero-order valence-electron chi connectivity index (χ0n) is 13.1. The van der Waals surface area contributed by atoms with Gasteiger partial charge in [0, 0.05) is 25.0 Å². The molecule has 1 fully saturated rings. The molecule has 0 atom stereocenters. The monoisotopic (exact) mass is 403 g/mol. The summed E-state index contributed by atoms with van der Waals surface area (Å²) in [4.78, 5) is 15.5. The first kappa shape index (κ1) is 16.9. The second-order valence-corrected chi connectivity index (χ2v) is 7.05. The summed E-state index contributed by atoms with van der Waals surface area (Å²) in [7, 11) is 0. The maximum Gasteiger partial charge on any atom is 0.226 e. The van der Waals surface area contributed by atoms with Gasteiger partial charge in [0.1, 0.15) is 11.4 Å². The highest BCUT2D eigenvalue weighted by molar-refractivity contribution is 9.09. The van der Waals surface area contributed by atoms with Crippen molar-refractivity contribution in [1.82, 2.24) is 19.5 Å². The summed E-state index contributed by atoms with van der Waals surface area (Å²) in [5.41, 5.74) is 0.217. The van der Waals surface area contributed by atoms with Crippen LogP contribution in [0, 0.1) is 0 Å². The lowest BCUT2D eigenvalue weighted by atomic mass is 10.1. The van der Waals surface area contributed by atoms with Crippen molar-refractivity contribution in [3.8, 4) is 0 Å². The van der Waals surface area contributed by atoms with E-state index in [2.05, 4.69) is 35.8 Å². The number of halogens is 2. The Morgan fingerprint density at radius 1 is 1.26 bits per heavy atom. The number of ether oxygens (including phenoxy) is 1. The van der Waals surface area contributed by atoms with Crippen molar-refractivity contribution in [3.63, 3.8) is 0 Å². The highest BCUT2D eigenvalue weighted by Gasteiger charge is 2.28. The largest absolute Gasteiger partial charge is 0.383 e. The summed E-state index contributed by atoms with van der Waals surface area (Å²) < 4.78 is 7.29. The van der Waals surface area contributed by atoms with E-state index in [0.717, 1.165) is 18.4 Å². The van der Waals surface area contributed by atoms with Crippen LogP contribution < -0.4 is 4.90 Å². The van der Waals surface area contributed by atoms with Crippen molar-refractivity contribution >= 4 is 44.5 Å². The molecule has 1 aliphatic heterocycles. The van der Waals surface area contributed by atoms with E-state index < -0.39 is 5.60 Å². The molecule has 1 aliphatic rings. The number of hydrogen-bond acceptors (Lipinski definition) is 6. The lowest BCUT2D eigenvalue weighted by molar-refractivity contribution is 0.0655. The fourth-order valence-electron chi connectivity index (χ4n) is 2.72. The normalized spacial score (nSPS) is 16.3. The van der Waals surface area contributed by atoms with Crippen molar-refractivity contribution in [2.45, 2.75) is 26.0 Å². The van der Waals surface area contributed by atoms with Crippen LogP contribution in [-0.4, -0.2) is 56.3 Å². The first-order valence-corrected chi connectivity index (χ1v) is 8.97. The van der Waals surface area contributed by atoms with Gasteiger partial charge in [-0.05, 0) is 25.4 Å². The van der Waals surface area contributed by atoms with Crippen molar-refractivity contribution in [3.05, 3.63) is 11.1 Å². The lowest BCUT2D eigenvalue weighted by Gasteiger charge is -2.27. The summed E-state index contributed by atoms with van der Waals surface area (Å²) in [6, 6.07) is 0. The molecule has 0 spiro atoms. The highest BCUT2D eigenvalue weighted by Crippen LogP contribution is 2.30. The van der Waals surface area contributed by atoms with Crippen LogP contribution >= 0.6 is 27.5 Å². The fraction of sp³-hybridized carbons (Fsp3) is 0.643. The van der Waals surface area contributed by atoms with Crippen molar-refractivity contribution < 1.29 is 9.84 Å². The van der Waals surface area contributed by atoms with Gasteiger partial charge in [-0.2, -0.15) is 9.97 Å². The van der Waals surface area contributed by atoms with Gasteiger partial charge in [-0.25, -0.2) is 4.98 Å². The minimum absolute atomic E-state index is 0.178. The molecule has 0 amide bonds. The van der Waals surface area contributed by atoms with Gasteiger partial charge in [0.15, 0.2) is 17.0 Å². The first-order valence-electron chi connectivity index (χ1n) is 7.47. The molecule has 7 nitrogen and oxygen atoms in total. The van der Waals surface area contributed by atoms with Gasteiger partial charge in [-0.3, -0.25) is 0 Å². The number of hydrogen-bond donors (Lipinski definition) is 1. The van der Waals surface area contributed by atoms with Crippen LogP contribution in [0.4, 0.5) is 5.82 Å². The average molecular weight is 405 g/mol. The summed E-state index contributed by atoms with van der Waals surface area (Å²) in [5, 5.41) is 11.4. The molecule has 0 unspecified atom stereocenters. The Morgan fingerprint density at radius 2 is 1.96 bits per heavy atom. The minimum atomic E-state index is -1.09. The Bertz CT molecular complexity index is 709. The standard InChI is InChI=1S/C14H19BrClN5O2/c1-14(2,22)12-17-9-10(20-5-7-23-8-6-20)18-13(16)19-11(9)21(12)4-3-15/h22H,3-8H2,1-2H3. The van der Waals surface area contributed by atoms with E-state index in [-0.39, 0.29) is 5.28 Å². The Hall–Kier alpha value is -0.960. The Balaban J connectivity index is 2.21. The molecule has 9 heteroatoms. The number of aliphatic hydroxyl groups is 1. The average Bonchev–Trinajstić information content (AvgIpc) is 2.87. The molecule has 2 aromatic heterocycles. The zero-order chi connectivity index (χ0) is 16.6. The van der Waals surface area contributed by atoms with E-state index in [0.29, 0.717) is 42.6 Å². The number of nitrogens with zero attached hydrogens (tertiary/aromatic N) is 5. The number of morpholine rings is 1. The number of fused-ring (bicyclic) bond motifs is 1. The minimum Gasteiger partial charge on any atom is -0.383 e. The zero-order valence-corrected chi connectivity index (χ0v) is 15.4. The summed E-state index contributed by atoms with van der Waals surface area (Å²) in [6.07, 6.45) is 0. The number of aryl methyl sites for hydroxylation is 1. The lowest BCUT2D eigenvalue weighted by Crippen LogP contribution is -2.37. The van der Waals surface area contributed by atoms with Crippen molar-refractivity contribution in [2.75, 3.05) is 36.5 Å². The second-order valence-electron chi connectivity index (χ2n) is 5.92. The molecular weight excluding hydrogens is 386 g/mol. The van der Waals surface area contributed by atoms with E-state index in [1.54, 1.807) is 13.8 Å². The number of anilines is 1. The van der Waals surface area contributed by atoms with Gasteiger partial charge in [0.25, 0.3) is 0 Å². The SMILES string of the molecule is CC(C)(O)c1nc2c(N3CCOCC3)nc(Cl)nc2n1CCBr. The van der Waals surface area contributed by atoms with Crippen LogP contribution in [0.25, 0.3) is 11.2 Å². The molecule has 0 bridgehead atoms. The molecule has 0 saturated carbocycles. The van der Waals surface area contributed by atoms with Crippen LogP contribution in [0.5, 0.6) is 0 Å². The first-order chi connectivity index (χ1) is 10.9. The molecule has 23 heavy (non-hydrogen) atoms. The number of rotatable bonds is 4. The molecule has 0 radical (unpaired) electrons. The summed E-state index contributed by atoms with van der Waals surface area (Å²) >= 11 is 9.58. The maximum atomic E-state index is 10.5. The quantitative estimate of drug-likeness (QED) is 0.620. The maximum absolute atomic E-state index is 10.5. The molecule has 3 rings (SSSR count). The molecule has 2 aromatic rings. The van der Waals surface area contributed by atoms with Crippen molar-refractivity contribution in [1.29, 1.82) is 0 Å². The van der Waals surface area contributed by atoms with Crippen LogP contribution in [0.3, 0.4) is 0 Å². The van der Waals surface area contributed by atoms with E-state index in [1.807, 2.05) is 4.57 Å². The van der Waals surface area contributed by atoms with Gasteiger partial charge in [0.05, 0.1) is 13.2 Å². The van der Waals surface area contributed by atoms with E-state index in [1.165, 1.54) is 0 Å². The van der Waals surface area contributed by atoms with Gasteiger partial charge >= 0.3 is 0 Å². The van der Waals surface area contributed by atoms with Crippen molar-refractivity contribution in [2.24, 2.45) is 0 Å². The second kappa shape index (κ2) is 6.51. The van der Waals surface area contributed by atoms with Gasteiger partial charge in [-0.1, -0.05) is 15.9 Å². The molecule has 1 N–H and O–H groups in total. The summed E-state index contributed by atoms with van der Waals surface area (Å²) in [5.74, 6) is 1.25. The van der Waals surface area contributed by atoms with Gasteiger partial charge < -0.3 is 19.3 Å². The summed E-state index contributed by atoms with van der Waals surface area (Å²) in [6.45, 7) is 6.79. The van der Waals surface area contributed by atoms with E-state index >= 15 is 0 Å². The molecule has 0 aromatic carbocycles. The molecule has 126 valence electrons. The smallest absolute Gasteiger partial charge is 0.226 e. The number of imidazole rings is 1. The van der Waals surface area contributed by atoms with Crippen LogP contribution in [0.1, 0.15) is 19.7 Å². The topological polar surface area (TPSA) is 76.3 Å². The number of alkyl halides is 1. The Kier molecular flexibility index (Phi) is 4.78. The Morgan fingerprint density at radius 3 is 2.57 bits per heavy atom. The van der Waals surface area contributed by atoms with Crippen LogP contribution in [-0.2, 0) is 16.9 Å². The third kappa shape index (κ3) is 3.31. The number of aromatic nitrogens is 4. The van der Waals surface area contributed by atoms with Crippen LogP contribution in [0.2, 0.25) is 5.28 Å². The van der Waals surface area contributed by atoms with Gasteiger partial charge in [0.2, 0.25) is 5.28 Å². The molecule has 3 heterocycles. The molecule has 0 aliphatic carbocycles. The predicted molar refractivity (Wildman–Crippen MR) is 92.4 cm³/mol. The van der Waals surface area contributed by atoms with Gasteiger partial charge in [-0.15, -0.1) is 0 Å². The third-order valence-electron chi connectivity index (χ3n) is 3.71. The Labute approximate surface area is 147 Å². The molecular formula is C14H19BrClN5O2. The fourth-order valence-corrected chi connectivity index (χ4v) is 3.23. The molecule has 1 saturated heterocycles. The third-order valence-corrected chi connectivity index (χ3v) is 4.24. The predicted octanol–water partition coefficient (Wildman–Crippen LogP) is 1.94. The highest BCUT2D eigenvalue weighted by atomic mass is 79.9. The van der Waals surface area contributed by atoms with E-state index in [9.17, 15) is 5.11 Å².